The first-order valence-electron chi connectivity index (χ1n) is 9.55. The molecule has 14 nitrogen and oxygen atoms in total. The maximum Gasteiger partial charge on any atom is 0.364 e. The van der Waals surface area contributed by atoms with Crippen LogP contribution in [0.15, 0.2) is 0 Å². The number of amides is 1. The van der Waals surface area contributed by atoms with Crippen LogP contribution in [0.4, 0.5) is 0 Å². The highest BCUT2D eigenvalue weighted by atomic mass is 16.8. The molecular weight excluding hydrogens is 426 g/mol. The normalized spacial score (nSPS) is 43.1. The van der Waals surface area contributed by atoms with Crippen LogP contribution in [0, 0.1) is 0 Å². The first kappa shape index (κ1) is 25.8. The number of carboxylic acids is 1. The molecular formula is C17H29NO13. The Labute approximate surface area is 176 Å². The molecule has 0 unspecified atom stereocenters. The lowest BCUT2D eigenvalue weighted by molar-refractivity contribution is -0.385. The van der Waals surface area contributed by atoms with E-state index in [1.165, 1.54) is 6.92 Å². The van der Waals surface area contributed by atoms with E-state index in [0.29, 0.717) is 0 Å². The molecule has 9 N–H and O–H groups in total. The fourth-order valence-corrected chi connectivity index (χ4v) is 3.55. The van der Waals surface area contributed by atoms with E-state index in [1.807, 2.05) is 0 Å². The van der Waals surface area contributed by atoms with E-state index in [-0.39, 0.29) is 0 Å². The number of aliphatic carboxylic acids is 1. The lowest BCUT2D eigenvalue weighted by atomic mass is 9.88. The zero-order chi connectivity index (χ0) is 23.7. The predicted molar refractivity (Wildman–Crippen MR) is 96.0 cm³/mol. The van der Waals surface area contributed by atoms with Crippen LogP contribution in [-0.4, -0.2) is 126 Å². The second kappa shape index (κ2) is 9.99. The van der Waals surface area contributed by atoms with Crippen LogP contribution in [0.5, 0.6) is 0 Å². The summed E-state index contributed by atoms with van der Waals surface area (Å²) in [7, 11) is 0. The Hall–Kier alpha value is -1.46. The van der Waals surface area contributed by atoms with Gasteiger partial charge >= 0.3 is 5.97 Å². The lowest BCUT2D eigenvalue weighted by Crippen LogP contribution is -2.69. The summed E-state index contributed by atoms with van der Waals surface area (Å²) in [4.78, 5) is 23.6. The number of rotatable bonds is 7. The molecule has 2 fully saturated rings. The monoisotopic (exact) mass is 455 g/mol. The van der Waals surface area contributed by atoms with Crippen molar-refractivity contribution < 1.29 is 64.7 Å². The predicted octanol–water partition coefficient (Wildman–Crippen LogP) is -5.02. The minimum atomic E-state index is -2.76. The van der Waals surface area contributed by atoms with Crippen LogP contribution in [0.25, 0.3) is 0 Å². The van der Waals surface area contributed by atoms with Gasteiger partial charge in [-0.15, -0.1) is 0 Å². The van der Waals surface area contributed by atoms with Gasteiger partial charge in [0.25, 0.3) is 5.79 Å². The summed E-state index contributed by atoms with van der Waals surface area (Å²) in [6, 6.07) is -1.40. The Morgan fingerprint density at radius 1 is 1.16 bits per heavy atom. The van der Waals surface area contributed by atoms with Gasteiger partial charge in [0, 0.05) is 13.3 Å². The lowest BCUT2D eigenvalue weighted by Gasteiger charge is -2.49. The maximum absolute atomic E-state index is 12.1. The first-order valence-corrected chi connectivity index (χ1v) is 9.55. The highest BCUT2D eigenvalue weighted by Crippen LogP contribution is 2.36. The number of nitrogens with one attached hydrogen (secondary N) is 1. The third-order valence-corrected chi connectivity index (χ3v) is 5.30. The van der Waals surface area contributed by atoms with Crippen molar-refractivity contribution in [1.29, 1.82) is 0 Å². The van der Waals surface area contributed by atoms with E-state index >= 15 is 0 Å². The molecule has 1 amide bonds. The summed E-state index contributed by atoms with van der Waals surface area (Å²) in [5.74, 6) is -5.24. The largest absolute Gasteiger partial charge is 0.477 e. The molecule has 0 aromatic rings. The molecule has 0 aliphatic carbocycles. The van der Waals surface area contributed by atoms with E-state index in [9.17, 15) is 45.3 Å². The zero-order valence-electron chi connectivity index (χ0n) is 16.8. The van der Waals surface area contributed by atoms with Crippen molar-refractivity contribution in [3.05, 3.63) is 0 Å². The number of aliphatic hydroxyl groups is 7. The van der Waals surface area contributed by atoms with Gasteiger partial charge in [0.1, 0.15) is 36.6 Å². The van der Waals surface area contributed by atoms with Gasteiger partial charge in [0.15, 0.2) is 6.29 Å². The highest BCUT2D eigenvalue weighted by Gasteiger charge is 2.58. The van der Waals surface area contributed by atoms with E-state index in [2.05, 4.69) is 5.32 Å². The van der Waals surface area contributed by atoms with Gasteiger partial charge in [-0.25, -0.2) is 4.79 Å². The molecule has 2 aliphatic rings. The second-order valence-corrected chi connectivity index (χ2v) is 7.68. The van der Waals surface area contributed by atoms with Crippen molar-refractivity contribution in [2.45, 2.75) is 87.2 Å². The van der Waals surface area contributed by atoms with Gasteiger partial charge in [0.2, 0.25) is 5.91 Å². The molecule has 11 atom stereocenters. The maximum atomic E-state index is 12.1. The third-order valence-electron chi connectivity index (χ3n) is 5.30. The average Bonchev–Trinajstić information content (AvgIpc) is 2.70. The van der Waals surface area contributed by atoms with Gasteiger partial charge in [-0.3, -0.25) is 4.79 Å². The van der Waals surface area contributed by atoms with E-state index in [0.717, 1.165) is 6.92 Å². The number of carbonyl (C=O) groups excluding carboxylic acids is 1. The molecule has 2 aliphatic heterocycles. The topological polar surface area (TPSA) is 236 Å². The molecule has 0 aromatic carbocycles. The minimum absolute atomic E-state index is 0.663. The summed E-state index contributed by atoms with van der Waals surface area (Å²) in [5.41, 5.74) is 0. The molecule has 2 heterocycles. The highest BCUT2D eigenvalue weighted by molar-refractivity contribution is 5.76. The third kappa shape index (κ3) is 5.31. The summed E-state index contributed by atoms with van der Waals surface area (Å²) >= 11 is 0. The number of carbonyl (C=O) groups is 2. The molecule has 31 heavy (non-hydrogen) atoms. The summed E-state index contributed by atoms with van der Waals surface area (Å²) < 4.78 is 15.9. The number of hydrogen-bond donors (Lipinski definition) is 9. The second-order valence-electron chi connectivity index (χ2n) is 7.68. The van der Waals surface area contributed by atoms with Crippen LogP contribution in [0.2, 0.25) is 0 Å². The van der Waals surface area contributed by atoms with E-state index in [4.69, 9.17) is 19.3 Å². The molecule has 0 saturated carbocycles. The molecule has 180 valence electrons. The Morgan fingerprint density at radius 3 is 2.29 bits per heavy atom. The number of hydrogen-bond acceptors (Lipinski definition) is 12. The fourth-order valence-electron chi connectivity index (χ4n) is 3.55. The van der Waals surface area contributed by atoms with Gasteiger partial charge in [-0.05, 0) is 6.92 Å². The van der Waals surface area contributed by atoms with Gasteiger partial charge in [-0.1, -0.05) is 0 Å². The molecule has 2 rings (SSSR count). The summed E-state index contributed by atoms with van der Waals surface area (Å²) in [6.07, 6.45) is -16.1. The van der Waals surface area contributed by atoms with E-state index in [1.54, 1.807) is 0 Å². The molecule has 0 radical (unpaired) electrons. The zero-order valence-corrected chi connectivity index (χ0v) is 16.8. The van der Waals surface area contributed by atoms with Crippen molar-refractivity contribution in [1.82, 2.24) is 5.32 Å². The summed E-state index contributed by atoms with van der Waals surface area (Å²) in [6.45, 7) is 1.47. The van der Waals surface area contributed by atoms with Crippen molar-refractivity contribution >= 4 is 11.9 Å². The Bertz CT molecular complexity index is 650. The SMILES string of the molecule is CC(=O)N[C@H]1[C@H]([C@H](O)[C@H](O)CO)O[C@](O[C@H]2O[C@H](C)[C@H](O)[C@H](O)[C@H]2O)(C(=O)O)C[C@@H]1O. The molecule has 2 saturated heterocycles. The number of aliphatic hydroxyl groups excluding tert-OH is 7. The number of ether oxygens (including phenoxy) is 3. The van der Waals surface area contributed by atoms with Crippen molar-refractivity contribution in [2.24, 2.45) is 0 Å². The van der Waals surface area contributed by atoms with Crippen LogP contribution in [0.1, 0.15) is 20.3 Å². The molecule has 0 aromatic heterocycles. The van der Waals surface area contributed by atoms with Gasteiger partial charge < -0.3 is 60.4 Å². The van der Waals surface area contributed by atoms with E-state index < -0.39 is 91.9 Å². The van der Waals surface area contributed by atoms with Crippen LogP contribution in [0.3, 0.4) is 0 Å². The van der Waals surface area contributed by atoms with Gasteiger partial charge in [-0.2, -0.15) is 0 Å². The Balaban J connectivity index is 2.38. The average molecular weight is 455 g/mol. The first-order chi connectivity index (χ1) is 14.3. The quantitative estimate of drug-likeness (QED) is 0.175. The van der Waals surface area contributed by atoms with Crippen LogP contribution < -0.4 is 5.32 Å². The molecule has 14 heteroatoms. The van der Waals surface area contributed by atoms with Crippen molar-refractivity contribution in [2.75, 3.05) is 6.61 Å². The smallest absolute Gasteiger partial charge is 0.364 e. The minimum Gasteiger partial charge on any atom is -0.477 e. The Morgan fingerprint density at radius 2 is 1.77 bits per heavy atom. The summed E-state index contributed by atoms with van der Waals surface area (Å²) in [5, 5.41) is 81.7. The molecule has 0 bridgehead atoms. The van der Waals surface area contributed by atoms with Crippen molar-refractivity contribution in [3.8, 4) is 0 Å². The standard InChI is InChI=1S/C17H29NO13/c1-5-10(23)12(25)13(26)15(29-5)31-17(16(27)28)3-7(21)9(18-6(2)20)14(30-17)11(24)8(22)4-19/h5,7-15,19,21-26H,3-4H2,1-2H3,(H,18,20)(H,27,28)/t5-,7+,8-,9-,10+,11-,12+,13-,14-,15-,17-/m1/s1. The van der Waals surface area contributed by atoms with Crippen molar-refractivity contribution in [3.63, 3.8) is 0 Å². The van der Waals surface area contributed by atoms with Gasteiger partial charge in [0.05, 0.1) is 24.9 Å². The fraction of sp³-hybridized carbons (Fsp3) is 0.882. The number of carboxylic acid groups (broad SMARTS) is 1. The molecule has 0 spiro atoms. The van der Waals surface area contributed by atoms with Crippen LogP contribution in [-0.2, 0) is 23.8 Å². The Kier molecular flexibility index (Phi) is 8.32. The van der Waals surface area contributed by atoms with Crippen LogP contribution >= 0.6 is 0 Å².